The molecule has 20 heavy (non-hydrogen) atoms. The molecule has 1 aliphatic rings. The molecule has 0 saturated carbocycles. The zero-order valence-electron chi connectivity index (χ0n) is 11.5. The summed E-state index contributed by atoms with van der Waals surface area (Å²) < 4.78 is 0. The van der Waals surface area contributed by atoms with Gasteiger partial charge in [-0.25, -0.2) is 9.97 Å². The topological polar surface area (TPSA) is 75.2 Å². The molecule has 0 atom stereocenters. The van der Waals surface area contributed by atoms with Crippen LogP contribution in [-0.2, 0) is 16.0 Å². The first-order valence-corrected chi connectivity index (χ1v) is 7.04. The third kappa shape index (κ3) is 4.60. The van der Waals surface area contributed by atoms with Crippen molar-refractivity contribution in [3.05, 3.63) is 24.3 Å². The van der Waals surface area contributed by atoms with Crippen LogP contribution in [0.2, 0.25) is 0 Å². The number of carbonyl (C=O) groups is 2. The summed E-state index contributed by atoms with van der Waals surface area (Å²) in [7, 11) is 0. The molecular formula is C14H20N4O2. The average molecular weight is 276 g/mol. The Hall–Kier alpha value is -1.98. The van der Waals surface area contributed by atoms with Crippen molar-refractivity contribution in [2.45, 2.75) is 32.1 Å². The van der Waals surface area contributed by atoms with Crippen LogP contribution in [0.1, 0.15) is 31.2 Å². The third-order valence-electron chi connectivity index (χ3n) is 3.35. The van der Waals surface area contributed by atoms with Crippen molar-refractivity contribution < 1.29 is 9.59 Å². The van der Waals surface area contributed by atoms with E-state index in [2.05, 4.69) is 15.3 Å². The molecule has 2 heterocycles. The lowest BCUT2D eigenvalue weighted by Crippen LogP contribution is -2.30. The zero-order chi connectivity index (χ0) is 14.2. The Morgan fingerprint density at radius 3 is 2.85 bits per heavy atom. The van der Waals surface area contributed by atoms with Gasteiger partial charge in [-0.3, -0.25) is 9.59 Å². The highest BCUT2D eigenvalue weighted by Gasteiger charge is 2.18. The molecular weight excluding hydrogens is 256 g/mol. The largest absolute Gasteiger partial charge is 0.356 e. The molecule has 108 valence electrons. The number of hydrogen-bond acceptors (Lipinski definition) is 4. The van der Waals surface area contributed by atoms with Crippen LogP contribution in [0.15, 0.2) is 18.7 Å². The fraction of sp³-hybridized carbons (Fsp3) is 0.571. The monoisotopic (exact) mass is 276 g/mol. The van der Waals surface area contributed by atoms with Crippen molar-refractivity contribution in [2.24, 2.45) is 0 Å². The first-order chi connectivity index (χ1) is 9.75. The minimum absolute atomic E-state index is 0.0293. The van der Waals surface area contributed by atoms with Gasteiger partial charge in [-0.05, 0) is 24.8 Å². The molecule has 1 aromatic heterocycles. The van der Waals surface area contributed by atoms with Crippen molar-refractivity contribution in [3.8, 4) is 0 Å². The molecule has 0 bridgehead atoms. The zero-order valence-corrected chi connectivity index (χ0v) is 11.5. The Bertz CT molecular complexity index is 450. The van der Waals surface area contributed by atoms with Crippen LogP contribution in [0, 0.1) is 0 Å². The highest BCUT2D eigenvalue weighted by atomic mass is 16.2. The van der Waals surface area contributed by atoms with E-state index in [1.54, 1.807) is 12.4 Å². The molecule has 1 aromatic rings. The van der Waals surface area contributed by atoms with Crippen LogP contribution in [0.5, 0.6) is 0 Å². The number of rotatable bonds is 7. The van der Waals surface area contributed by atoms with Gasteiger partial charge in [-0.1, -0.05) is 0 Å². The second-order valence-electron chi connectivity index (χ2n) is 4.93. The third-order valence-corrected chi connectivity index (χ3v) is 3.35. The maximum atomic E-state index is 11.6. The summed E-state index contributed by atoms with van der Waals surface area (Å²) in [5.41, 5.74) is 0.963. The number of nitrogens with zero attached hydrogens (tertiary/aromatic N) is 3. The molecule has 6 nitrogen and oxygen atoms in total. The fourth-order valence-corrected chi connectivity index (χ4v) is 2.24. The summed E-state index contributed by atoms with van der Waals surface area (Å²) in [6, 6.07) is 0. The summed E-state index contributed by atoms with van der Waals surface area (Å²) in [4.78, 5) is 32.7. The number of likely N-dealkylation sites (tertiary alicyclic amines) is 1. The van der Waals surface area contributed by atoms with Crippen LogP contribution >= 0.6 is 0 Å². The van der Waals surface area contributed by atoms with Gasteiger partial charge < -0.3 is 10.2 Å². The lowest BCUT2D eigenvalue weighted by Gasteiger charge is -2.15. The van der Waals surface area contributed by atoms with Crippen molar-refractivity contribution in [1.82, 2.24) is 20.2 Å². The number of carbonyl (C=O) groups excluding carboxylic acids is 2. The Labute approximate surface area is 118 Å². The van der Waals surface area contributed by atoms with E-state index < -0.39 is 0 Å². The minimum Gasteiger partial charge on any atom is -0.356 e. The first kappa shape index (κ1) is 14.4. The predicted molar refractivity (Wildman–Crippen MR) is 73.8 cm³/mol. The van der Waals surface area contributed by atoms with Crippen LogP contribution in [0.4, 0.5) is 0 Å². The van der Waals surface area contributed by atoms with E-state index >= 15 is 0 Å². The van der Waals surface area contributed by atoms with Crippen LogP contribution in [0.25, 0.3) is 0 Å². The molecule has 0 radical (unpaired) electrons. The van der Waals surface area contributed by atoms with E-state index in [-0.39, 0.29) is 11.8 Å². The Morgan fingerprint density at radius 2 is 2.15 bits per heavy atom. The van der Waals surface area contributed by atoms with Crippen molar-refractivity contribution in [1.29, 1.82) is 0 Å². The van der Waals surface area contributed by atoms with Crippen LogP contribution in [0.3, 0.4) is 0 Å². The van der Waals surface area contributed by atoms with E-state index in [1.807, 2.05) is 4.90 Å². The summed E-state index contributed by atoms with van der Waals surface area (Å²) in [5, 5.41) is 2.87. The van der Waals surface area contributed by atoms with E-state index in [1.165, 1.54) is 6.33 Å². The quantitative estimate of drug-likeness (QED) is 0.737. The van der Waals surface area contributed by atoms with Crippen LogP contribution in [-0.4, -0.2) is 46.3 Å². The minimum atomic E-state index is 0.0293. The highest BCUT2D eigenvalue weighted by Crippen LogP contribution is 2.09. The van der Waals surface area contributed by atoms with Crippen LogP contribution < -0.4 is 5.32 Å². The smallest absolute Gasteiger partial charge is 0.222 e. The summed E-state index contributed by atoms with van der Waals surface area (Å²) in [6.45, 7) is 2.22. The van der Waals surface area contributed by atoms with E-state index in [4.69, 9.17) is 0 Å². The van der Waals surface area contributed by atoms with Gasteiger partial charge in [0.05, 0.1) is 0 Å². The fourth-order valence-electron chi connectivity index (χ4n) is 2.24. The highest BCUT2D eigenvalue weighted by molar-refractivity contribution is 5.78. The molecule has 0 aromatic carbocycles. The van der Waals surface area contributed by atoms with Crippen molar-refractivity contribution in [2.75, 3.05) is 19.6 Å². The standard InChI is InChI=1S/C14H20N4O2/c19-13(5-4-12-9-15-11-16-10-12)17-6-2-8-18-7-1-3-14(18)20/h9-11H,1-8H2,(H,17,19). The van der Waals surface area contributed by atoms with Gasteiger partial charge in [0.1, 0.15) is 6.33 Å². The SMILES string of the molecule is O=C(CCc1cncnc1)NCCCN1CCCC1=O. The van der Waals surface area contributed by atoms with Gasteiger partial charge in [-0.15, -0.1) is 0 Å². The molecule has 6 heteroatoms. The maximum Gasteiger partial charge on any atom is 0.222 e. The van der Waals surface area contributed by atoms with E-state index in [0.29, 0.717) is 25.8 Å². The summed E-state index contributed by atoms with van der Waals surface area (Å²) in [6.07, 6.45) is 8.46. The second kappa shape index (κ2) is 7.57. The molecule has 2 rings (SSSR count). The molecule has 1 saturated heterocycles. The normalized spacial score (nSPS) is 14.6. The van der Waals surface area contributed by atoms with Gasteiger partial charge in [-0.2, -0.15) is 0 Å². The second-order valence-corrected chi connectivity index (χ2v) is 4.93. The lowest BCUT2D eigenvalue weighted by molar-refractivity contribution is -0.127. The van der Waals surface area contributed by atoms with Crippen molar-refractivity contribution >= 4 is 11.8 Å². The van der Waals surface area contributed by atoms with Gasteiger partial charge >= 0.3 is 0 Å². The molecule has 0 unspecified atom stereocenters. The molecule has 0 aliphatic carbocycles. The van der Waals surface area contributed by atoms with Crippen molar-refractivity contribution in [3.63, 3.8) is 0 Å². The Morgan fingerprint density at radius 1 is 1.35 bits per heavy atom. The van der Waals surface area contributed by atoms with E-state index in [9.17, 15) is 9.59 Å². The van der Waals surface area contributed by atoms with Gasteiger partial charge in [0.2, 0.25) is 11.8 Å². The van der Waals surface area contributed by atoms with Gasteiger partial charge in [0.25, 0.3) is 0 Å². The molecule has 1 N–H and O–H groups in total. The number of aryl methyl sites for hydroxylation is 1. The molecule has 1 aliphatic heterocycles. The molecule has 2 amide bonds. The maximum absolute atomic E-state index is 11.6. The molecule has 1 fully saturated rings. The molecule has 0 spiro atoms. The Kier molecular flexibility index (Phi) is 5.46. The number of hydrogen-bond donors (Lipinski definition) is 1. The lowest BCUT2D eigenvalue weighted by atomic mass is 10.2. The van der Waals surface area contributed by atoms with E-state index in [0.717, 1.165) is 31.5 Å². The average Bonchev–Trinajstić information content (AvgIpc) is 2.88. The number of aromatic nitrogens is 2. The number of nitrogens with one attached hydrogen (secondary N) is 1. The summed E-state index contributed by atoms with van der Waals surface area (Å²) >= 11 is 0. The van der Waals surface area contributed by atoms with Gasteiger partial charge in [0.15, 0.2) is 0 Å². The van der Waals surface area contributed by atoms with Gasteiger partial charge in [0, 0.05) is 44.9 Å². The first-order valence-electron chi connectivity index (χ1n) is 7.04. The number of amides is 2. The Balaban J connectivity index is 1.55. The summed E-state index contributed by atoms with van der Waals surface area (Å²) in [5.74, 6) is 0.266. The predicted octanol–water partition coefficient (Wildman–Crippen LogP) is 0.538.